The molecule has 0 spiro atoms. The number of anilines is 1. The monoisotopic (exact) mass is 262 g/mol. The van der Waals surface area contributed by atoms with Crippen molar-refractivity contribution in [2.45, 2.75) is 25.8 Å². The van der Waals surface area contributed by atoms with Crippen LogP contribution in [0.2, 0.25) is 0 Å². The molecular formula is C13H18N4S. The second-order valence-electron chi connectivity index (χ2n) is 5.04. The Morgan fingerprint density at radius 1 is 1.50 bits per heavy atom. The van der Waals surface area contributed by atoms with Gasteiger partial charge in [0.25, 0.3) is 0 Å². The molecule has 0 aromatic carbocycles. The van der Waals surface area contributed by atoms with E-state index in [1.54, 1.807) is 17.7 Å². The minimum absolute atomic E-state index is 0.411. The molecule has 18 heavy (non-hydrogen) atoms. The average Bonchev–Trinajstić information content (AvgIpc) is 2.86. The smallest absolute Gasteiger partial charge is 0.150 e. The van der Waals surface area contributed by atoms with Gasteiger partial charge < -0.3 is 10.6 Å². The van der Waals surface area contributed by atoms with Gasteiger partial charge in [-0.2, -0.15) is 0 Å². The highest BCUT2D eigenvalue weighted by Crippen LogP contribution is 2.32. The van der Waals surface area contributed by atoms with Crippen LogP contribution < -0.4 is 10.6 Å². The molecule has 0 radical (unpaired) electrons. The van der Waals surface area contributed by atoms with Crippen LogP contribution in [0.15, 0.2) is 17.8 Å². The average molecular weight is 262 g/mol. The van der Waals surface area contributed by atoms with Crippen molar-refractivity contribution < 1.29 is 0 Å². The Bertz CT molecular complexity index is 539. The predicted octanol–water partition coefficient (Wildman–Crippen LogP) is 2.25. The highest BCUT2D eigenvalue weighted by molar-refractivity contribution is 7.17. The van der Waals surface area contributed by atoms with Crippen molar-refractivity contribution in [3.05, 3.63) is 17.8 Å². The Morgan fingerprint density at radius 3 is 3.22 bits per heavy atom. The van der Waals surface area contributed by atoms with E-state index in [0.29, 0.717) is 12.6 Å². The molecule has 2 unspecified atom stereocenters. The van der Waals surface area contributed by atoms with Gasteiger partial charge in [0.2, 0.25) is 0 Å². The van der Waals surface area contributed by atoms with Crippen LogP contribution >= 0.6 is 11.3 Å². The van der Waals surface area contributed by atoms with Crippen LogP contribution in [0.5, 0.6) is 0 Å². The zero-order valence-corrected chi connectivity index (χ0v) is 11.4. The Kier molecular flexibility index (Phi) is 3.18. The number of aromatic nitrogens is 2. The van der Waals surface area contributed by atoms with Crippen LogP contribution in [0.4, 0.5) is 5.82 Å². The Hall–Kier alpha value is -1.20. The number of hydrogen-bond donors (Lipinski definition) is 1. The van der Waals surface area contributed by atoms with E-state index in [1.165, 1.54) is 11.1 Å². The van der Waals surface area contributed by atoms with Crippen molar-refractivity contribution in [1.29, 1.82) is 0 Å². The fourth-order valence-corrected chi connectivity index (χ4v) is 3.58. The van der Waals surface area contributed by atoms with E-state index in [-0.39, 0.29) is 0 Å². The van der Waals surface area contributed by atoms with Gasteiger partial charge in [0.15, 0.2) is 0 Å². The first-order valence-electron chi connectivity index (χ1n) is 6.44. The number of hydrogen-bond acceptors (Lipinski definition) is 5. The van der Waals surface area contributed by atoms with Gasteiger partial charge in [-0.1, -0.05) is 6.92 Å². The van der Waals surface area contributed by atoms with Crippen molar-refractivity contribution in [3.8, 4) is 0 Å². The molecule has 1 fully saturated rings. The van der Waals surface area contributed by atoms with Crippen LogP contribution in [0, 0.1) is 5.92 Å². The maximum absolute atomic E-state index is 5.93. The number of rotatable bonds is 2. The van der Waals surface area contributed by atoms with Gasteiger partial charge in [-0.25, -0.2) is 9.97 Å². The van der Waals surface area contributed by atoms with Crippen LogP contribution in [0.1, 0.15) is 19.8 Å². The van der Waals surface area contributed by atoms with E-state index in [1.807, 2.05) is 0 Å². The normalized spacial score (nSPS) is 24.7. The summed E-state index contributed by atoms with van der Waals surface area (Å²) in [6.07, 6.45) is 4.04. The molecule has 5 heteroatoms. The van der Waals surface area contributed by atoms with Crippen LogP contribution in [-0.4, -0.2) is 29.1 Å². The van der Waals surface area contributed by atoms with Gasteiger partial charge in [-0.3, -0.25) is 0 Å². The predicted molar refractivity (Wildman–Crippen MR) is 76.0 cm³/mol. The molecule has 3 heterocycles. The molecule has 3 rings (SSSR count). The van der Waals surface area contributed by atoms with Crippen molar-refractivity contribution in [2.75, 3.05) is 18.0 Å². The molecule has 0 bridgehead atoms. The lowest BCUT2D eigenvalue weighted by molar-refractivity contribution is 0.365. The van der Waals surface area contributed by atoms with Crippen molar-refractivity contribution in [1.82, 2.24) is 9.97 Å². The summed E-state index contributed by atoms with van der Waals surface area (Å²) < 4.78 is 1.19. The minimum Gasteiger partial charge on any atom is -0.351 e. The first-order chi connectivity index (χ1) is 8.79. The van der Waals surface area contributed by atoms with Crippen molar-refractivity contribution in [2.24, 2.45) is 11.7 Å². The number of fused-ring (bicyclic) bond motifs is 1. The van der Waals surface area contributed by atoms with Gasteiger partial charge in [-0.05, 0) is 30.2 Å². The van der Waals surface area contributed by atoms with E-state index in [2.05, 4.69) is 33.2 Å². The number of nitrogens with zero attached hydrogens (tertiary/aromatic N) is 3. The van der Waals surface area contributed by atoms with Crippen molar-refractivity contribution >= 4 is 27.4 Å². The summed E-state index contributed by atoms with van der Waals surface area (Å²) in [4.78, 5) is 11.2. The zero-order chi connectivity index (χ0) is 12.5. The van der Waals surface area contributed by atoms with E-state index in [4.69, 9.17) is 5.73 Å². The van der Waals surface area contributed by atoms with E-state index in [0.717, 1.165) is 30.2 Å². The van der Waals surface area contributed by atoms with Crippen LogP contribution in [0.25, 0.3) is 10.2 Å². The molecule has 0 saturated carbocycles. The molecule has 2 N–H and O–H groups in total. The van der Waals surface area contributed by atoms with Gasteiger partial charge in [0, 0.05) is 19.1 Å². The minimum atomic E-state index is 0.411. The number of thiophene rings is 1. The topological polar surface area (TPSA) is 55.0 Å². The second-order valence-corrected chi connectivity index (χ2v) is 5.96. The van der Waals surface area contributed by atoms with Crippen LogP contribution in [-0.2, 0) is 0 Å². The SMILES string of the molecule is CC1CCN(c2ncnc3ccsc23)C(CN)C1. The molecular weight excluding hydrogens is 244 g/mol. The summed E-state index contributed by atoms with van der Waals surface area (Å²) in [7, 11) is 0. The van der Waals surface area contributed by atoms with Gasteiger partial charge >= 0.3 is 0 Å². The summed E-state index contributed by atoms with van der Waals surface area (Å²) >= 11 is 1.71. The molecule has 2 aromatic rings. The summed E-state index contributed by atoms with van der Waals surface area (Å²) in [5.41, 5.74) is 6.97. The van der Waals surface area contributed by atoms with Gasteiger partial charge in [0.05, 0.1) is 10.2 Å². The highest BCUT2D eigenvalue weighted by atomic mass is 32.1. The molecule has 1 aliphatic heterocycles. The molecule has 4 nitrogen and oxygen atoms in total. The van der Waals surface area contributed by atoms with E-state index >= 15 is 0 Å². The highest BCUT2D eigenvalue weighted by Gasteiger charge is 2.27. The second kappa shape index (κ2) is 4.82. The molecule has 1 saturated heterocycles. The lowest BCUT2D eigenvalue weighted by Gasteiger charge is -2.38. The first kappa shape index (κ1) is 11.9. The van der Waals surface area contributed by atoms with Gasteiger partial charge in [0.1, 0.15) is 12.1 Å². The third-order valence-corrected chi connectivity index (χ3v) is 4.65. The summed E-state index contributed by atoms with van der Waals surface area (Å²) in [5, 5.41) is 2.08. The van der Waals surface area contributed by atoms with Crippen LogP contribution in [0.3, 0.4) is 0 Å². The molecule has 2 atom stereocenters. The fourth-order valence-electron chi connectivity index (χ4n) is 2.73. The molecule has 2 aromatic heterocycles. The first-order valence-corrected chi connectivity index (χ1v) is 7.32. The standard InChI is InChI=1S/C13H18N4S/c1-9-2-4-17(10(6-9)7-14)13-12-11(3-5-18-12)15-8-16-13/h3,5,8-10H,2,4,6-7,14H2,1H3. The fraction of sp³-hybridized carbons (Fsp3) is 0.538. The lowest BCUT2D eigenvalue weighted by Crippen LogP contribution is -2.46. The van der Waals surface area contributed by atoms with Crippen molar-refractivity contribution in [3.63, 3.8) is 0 Å². The molecule has 0 amide bonds. The number of nitrogens with two attached hydrogens (primary N) is 1. The Labute approximate surface area is 111 Å². The maximum Gasteiger partial charge on any atom is 0.150 e. The third-order valence-electron chi connectivity index (χ3n) is 3.75. The van der Waals surface area contributed by atoms with Gasteiger partial charge in [-0.15, -0.1) is 11.3 Å². The Balaban J connectivity index is 2.00. The molecule has 0 aliphatic carbocycles. The van der Waals surface area contributed by atoms with E-state index in [9.17, 15) is 0 Å². The summed E-state index contributed by atoms with van der Waals surface area (Å²) in [5.74, 6) is 1.83. The Morgan fingerprint density at radius 2 is 2.39 bits per heavy atom. The quantitative estimate of drug-likeness (QED) is 0.902. The largest absolute Gasteiger partial charge is 0.351 e. The maximum atomic E-state index is 5.93. The molecule has 96 valence electrons. The molecule has 1 aliphatic rings. The summed E-state index contributed by atoms with van der Waals surface area (Å²) in [6.45, 7) is 4.05. The lowest BCUT2D eigenvalue weighted by atomic mass is 9.92. The summed E-state index contributed by atoms with van der Waals surface area (Å²) in [6, 6.07) is 2.46. The number of piperidine rings is 1. The zero-order valence-electron chi connectivity index (χ0n) is 10.5. The van der Waals surface area contributed by atoms with E-state index < -0.39 is 0 Å². The third kappa shape index (κ3) is 1.97.